The summed E-state index contributed by atoms with van der Waals surface area (Å²) >= 11 is 0. The van der Waals surface area contributed by atoms with Gasteiger partial charge >= 0.3 is 0 Å². The normalized spacial score (nSPS) is 24.0. The second-order valence-electron chi connectivity index (χ2n) is 6.97. The fraction of sp³-hybridized carbons (Fsp3) is 0.333. The predicted molar refractivity (Wildman–Crippen MR) is 97.9 cm³/mol. The quantitative estimate of drug-likeness (QED) is 0.925. The van der Waals surface area contributed by atoms with Gasteiger partial charge in [0.25, 0.3) is 5.91 Å². The maximum atomic E-state index is 13.1. The minimum absolute atomic E-state index is 0.00333. The lowest BCUT2D eigenvalue weighted by molar-refractivity contribution is -0.120. The van der Waals surface area contributed by atoms with Crippen molar-refractivity contribution in [3.8, 4) is 5.75 Å². The monoisotopic (exact) mass is 350 g/mol. The number of nitrogens with zero attached hydrogens (tertiary/aromatic N) is 1. The first-order valence-electron chi connectivity index (χ1n) is 8.91. The van der Waals surface area contributed by atoms with Gasteiger partial charge in [0, 0.05) is 18.5 Å². The Balaban J connectivity index is 1.74. The molecule has 2 aromatic carbocycles. The van der Waals surface area contributed by atoms with Crippen LogP contribution in [0.4, 0.5) is 0 Å². The molecular formula is C21H22N2O3. The van der Waals surface area contributed by atoms with Crippen molar-refractivity contribution in [2.75, 3.05) is 7.11 Å². The summed E-state index contributed by atoms with van der Waals surface area (Å²) in [6.07, 6.45) is 1.46. The Morgan fingerprint density at radius 3 is 2.46 bits per heavy atom. The second-order valence-corrected chi connectivity index (χ2v) is 6.97. The molecule has 26 heavy (non-hydrogen) atoms. The van der Waals surface area contributed by atoms with E-state index in [1.807, 2.05) is 53.4 Å². The van der Waals surface area contributed by atoms with Gasteiger partial charge in [0.2, 0.25) is 5.91 Å². The minimum atomic E-state index is -0.0728. The van der Waals surface area contributed by atoms with Crippen LogP contribution >= 0.6 is 0 Å². The summed E-state index contributed by atoms with van der Waals surface area (Å²) in [4.78, 5) is 26.7. The topological polar surface area (TPSA) is 58.6 Å². The molecule has 5 nitrogen and oxygen atoms in total. The number of piperidine rings is 1. The molecule has 2 aliphatic rings. The van der Waals surface area contributed by atoms with Gasteiger partial charge in [-0.3, -0.25) is 9.59 Å². The van der Waals surface area contributed by atoms with Crippen LogP contribution < -0.4 is 10.1 Å². The van der Waals surface area contributed by atoms with Crippen LogP contribution in [-0.4, -0.2) is 29.9 Å². The van der Waals surface area contributed by atoms with E-state index >= 15 is 0 Å². The first-order chi connectivity index (χ1) is 12.6. The average Bonchev–Trinajstić information content (AvgIpc) is 2.94. The number of hydrogen-bond acceptors (Lipinski definition) is 3. The van der Waals surface area contributed by atoms with Gasteiger partial charge in [-0.25, -0.2) is 0 Å². The molecule has 3 atom stereocenters. The van der Waals surface area contributed by atoms with Crippen LogP contribution in [0.1, 0.15) is 53.3 Å². The molecule has 3 unspecified atom stereocenters. The molecule has 4 rings (SSSR count). The number of methoxy groups -OCH3 is 1. The number of carbonyl (C=O) groups is 2. The lowest BCUT2D eigenvalue weighted by atomic mass is 9.86. The number of nitrogens with one attached hydrogen (secondary N) is 1. The van der Waals surface area contributed by atoms with E-state index in [1.165, 1.54) is 0 Å². The Kier molecular flexibility index (Phi) is 4.15. The summed E-state index contributed by atoms with van der Waals surface area (Å²) in [6.45, 7) is 1.54. The summed E-state index contributed by atoms with van der Waals surface area (Å²) < 4.78 is 5.25. The zero-order chi connectivity index (χ0) is 18.3. The van der Waals surface area contributed by atoms with Crippen molar-refractivity contribution in [2.24, 2.45) is 0 Å². The number of benzene rings is 2. The van der Waals surface area contributed by atoms with Crippen LogP contribution in [-0.2, 0) is 4.79 Å². The molecule has 2 aromatic rings. The molecule has 0 bridgehead atoms. The van der Waals surface area contributed by atoms with E-state index in [-0.39, 0.29) is 29.9 Å². The lowest BCUT2D eigenvalue weighted by Gasteiger charge is -2.42. The van der Waals surface area contributed by atoms with Crippen molar-refractivity contribution >= 4 is 11.8 Å². The molecule has 1 fully saturated rings. The van der Waals surface area contributed by atoms with E-state index in [0.29, 0.717) is 6.42 Å². The van der Waals surface area contributed by atoms with Crippen LogP contribution in [0, 0.1) is 0 Å². The number of amides is 2. The molecule has 2 amide bonds. The first kappa shape index (κ1) is 16.6. The smallest absolute Gasteiger partial charge is 0.255 e. The van der Waals surface area contributed by atoms with E-state index in [4.69, 9.17) is 4.74 Å². The maximum Gasteiger partial charge on any atom is 0.255 e. The molecule has 0 spiro atoms. The van der Waals surface area contributed by atoms with Gasteiger partial charge in [-0.15, -0.1) is 0 Å². The highest BCUT2D eigenvalue weighted by Gasteiger charge is 2.46. The number of carbonyl (C=O) groups excluding carboxylic acids is 2. The molecule has 2 heterocycles. The largest absolute Gasteiger partial charge is 0.497 e. The van der Waals surface area contributed by atoms with Crippen molar-refractivity contribution in [3.05, 3.63) is 65.2 Å². The van der Waals surface area contributed by atoms with Gasteiger partial charge < -0.3 is 15.0 Å². The number of fused-ring (bicyclic) bond motifs is 3. The van der Waals surface area contributed by atoms with Crippen LogP contribution in [0.5, 0.6) is 5.75 Å². The van der Waals surface area contributed by atoms with Crippen molar-refractivity contribution in [3.63, 3.8) is 0 Å². The Morgan fingerprint density at radius 1 is 1.08 bits per heavy atom. The van der Waals surface area contributed by atoms with E-state index in [9.17, 15) is 9.59 Å². The third-order valence-corrected chi connectivity index (χ3v) is 5.38. The molecule has 5 heteroatoms. The fourth-order valence-corrected chi connectivity index (χ4v) is 4.29. The molecular weight excluding hydrogens is 328 g/mol. The predicted octanol–water partition coefficient (Wildman–Crippen LogP) is 3.23. The summed E-state index contributed by atoms with van der Waals surface area (Å²) in [5, 5.41) is 3.06. The molecule has 1 saturated heterocycles. The third-order valence-electron chi connectivity index (χ3n) is 5.38. The van der Waals surface area contributed by atoms with Gasteiger partial charge in [-0.05, 0) is 42.2 Å². The van der Waals surface area contributed by atoms with Gasteiger partial charge in [-0.2, -0.15) is 0 Å². The summed E-state index contributed by atoms with van der Waals surface area (Å²) in [6, 6.07) is 15.6. The highest BCUT2D eigenvalue weighted by molar-refractivity contribution is 5.99. The van der Waals surface area contributed by atoms with Crippen LogP contribution in [0.2, 0.25) is 0 Å². The SMILES string of the molecule is COc1ccc(C2CC(NC(C)=O)CC3c4ccccc4C(=O)N23)cc1. The molecule has 134 valence electrons. The van der Waals surface area contributed by atoms with Gasteiger partial charge in [0.05, 0.1) is 19.2 Å². The Morgan fingerprint density at radius 2 is 1.77 bits per heavy atom. The Hall–Kier alpha value is -2.82. The summed E-state index contributed by atoms with van der Waals surface area (Å²) in [5.41, 5.74) is 2.90. The summed E-state index contributed by atoms with van der Waals surface area (Å²) in [7, 11) is 1.64. The Labute approximate surface area is 153 Å². The zero-order valence-electron chi connectivity index (χ0n) is 14.9. The highest BCUT2D eigenvalue weighted by atomic mass is 16.5. The summed E-state index contributed by atoms with van der Waals surface area (Å²) in [5.74, 6) is 0.831. The van der Waals surface area contributed by atoms with Gasteiger partial charge in [0.1, 0.15) is 5.75 Å². The number of hydrogen-bond donors (Lipinski definition) is 1. The molecule has 0 saturated carbocycles. The molecule has 0 radical (unpaired) electrons. The molecule has 0 aromatic heterocycles. The van der Waals surface area contributed by atoms with Crippen LogP contribution in [0.25, 0.3) is 0 Å². The first-order valence-corrected chi connectivity index (χ1v) is 8.91. The van der Waals surface area contributed by atoms with Crippen molar-refractivity contribution in [1.29, 1.82) is 0 Å². The van der Waals surface area contributed by atoms with E-state index in [1.54, 1.807) is 14.0 Å². The number of ether oxygens (including phenoxy) is 1. The molecule has 0 aliphatic carbocycles. The van der Waals surface area contributed by atoms with Crippen LogP contribution in [0.3, 0.4) is 0 Å². The fourth-order valence-electron chi connectivity index (χ4n) is 4.29. The third kappa shape index (κ3) is 2.73. The second kappa shape index (κ2) is 6.48. The Bertz CT molecular complexity index is 847. The van der Waals surface area contributed by atoms with Crippen molar-refractivity contribution in [2.45, 2.75) is 37.9 Å². The van der Waals surface area contributed by atoms with E-state index in [0.717, 1.165) is 28.9 Å². The standard InChI is InChI=1S/C21H22N2O3/c1-13(24)22-15-11-19(14-7-9-16(26-2)10-8-14)23-20(12-15)17-5-3-4-6-18(17)21(23)25/h3-10,15,19-20H,11-12H2,1-2H3,(H,22,24). The van der Waals surface area contributed by atoms with E-state index < -0.39 is 0 Å². The molecule has 1 N–H and O–H groups in total. The van der Waals surface area contributed by atoms with E-state index in [2.05, 4.69) is 5.32 Å². The van der Waals surface area contributed by atoms with Crippen molar-refractivity contribution in [1.82, 2.24) is 10.2 Å². The zero-order valence-corrected chi connectivity index (χ0v) is 14.9. The number of rotatable bonds is 3. The highest BCUT2D eigenvalue weighted by Crippen LogP contribution is 2.47. The maximum absolute atomic E-state index is 13.1. The van der Waals surface area contributed by atoms with Crippen molar-refractivity contribution < 1.29 is 14.3 Å². The minimum Gasteiger partial charge on any atom is -0.497 e. The lowest BCUT2D eigenvalue weighted by Crippen LogP contribution is -2.46. The molecule has 2 aliphatic heterocycles. The average molecular weight is 350 g/mol. The van der Waals surface area contributed by atoms with Gasteiger partial charge in [0.15, 0.2) is 0 Å². The van der Waals surface area contributed by atoms with Gasteiger partial charge in [-0.1, -0.05) is 30.3 Å². The van der Waals surface area contributed by atoms with Crippen LogP contribution in [0.15, 0.2) is 48.5 Å².